The van der Waals surface area contributed by atoms with E-state index in [0.29, 0.717) is 17.0 Å². The van der Waals surface area contributed by atoms with Crippen LogP contribution < -0.4 is 5.32 Å². The quantitative estimate of drug-likeness (QED) is 0.761. The first-order chi connectivity index (χ1) is 13.3. The van der Waals surface area contributed by atoms with Crippen LogP contribution in [0, 0.1) is 17.2 Å². The largest absolute Gasteiger partial charge is 0.466 e. The van der Waals surface area contributed by atoms with E-state index in [0.717, 1.165) is 25.7 Å². The van der Waals surface area contributed by atoms with E-state index in [2.05, 4.69) is 24.1 Å². The first-order valence-corrected chi connectivity index (χ1v) is 9.97. The van der Waals surface area contributed by atoms with Gasteiger partial charge in [-0.3, -0.25) is 14.9 Å². The van der Waals surface area contributed by atoms with Gasteiger partial charge in [-0.05, 0) is 44.1 Å². The lowest BCUT2D eigenvalue weighted by Crippen LogP contribution is -2.24. The minimum absolute atomic E-state index is 0.00938. The maximum atomic E-state index is 15.3. The van der Waals surface area contributed by atoms with E-state index in [1.807, 2.05) is 4.57 Å². The van der Waals surface area contributed by atoms with Crippen LogP contribution in [0.2, 0.25) is 0 Å². The highest BCUT2D eigenvalue weighted by atomic mass is 19.1. The molecule has 2 aliphatic rings. The monoisotopic (exact) mass is 387 g/mol. The Kier molecular flexibility index (Phi) is 4.63. The number of nitrogens with one attached hydrogen (secondary N) is 1. The van der Waals surface area contributed by atoms with Gasteiger partial charge in [0.25, 0.3) is 0 Å². The summed E-state index contributed by atoms with van der Waals surface area (Å²) in [6.07, 6.45) is 3.64. The van der Waals surface area contributed by atoms with Gasteiger partial charge in [-0.2, -0.15) is 0 Å². The fourth-order valence-electron chi connectivity index (χ4n) is 3.89. The fraction of sp³-hybridized carbons (Fsp3) is 0.571. The van der Waals surface area contributed by atoms with Crippen LogP contribution >= 0.6 is 0 Å². The van der Waals surface area contributed by atoms with E-state index >= 15 is 4.39 Å². The number of hydrogen-bond donors (Lipinski definition) is 1. The van der Waals surface area contributed by atoms with Gasteiger partial charge in [0.05, 0.1) is 18.5 Å². The molecular formula is C21H26FN3O3. The highest BCUT2D eigenvalue weighted by Gasteiger charge is 2.50. The maximum absolute atomic E-state index is 15.3. The van der Waals surface area contributed by atoms with Crippen molar-refractivity contribution in [1.82, 2.24) is 9.55 Å². The van der Waals surface area contributed by atoms with Gasteiger partial charge in [0.2, 0.25) is 11.9 Å². The number of amides is 1. The van der Waals surface area contributed by atoms with Gasteiger partial charge in [-0.15, -0.1) is 0 Å². The van der Waals surface area contributed by atoms with Crippen molar-refractivity contribution in [3.05, 3.63) is 23.5 Å². The fourth-order valence-corrected chi connectivity index (χ4v) is 3.89. The third kappa shape index (κ3) is 3.27. The molecule has 1 N–H and O–H groups in total. The van der Waals surface area contributed by atoms with Crippen LogP contribution in [0.3, 0.4) is 0 Å². The molecule has 0 radical (unpaired) electrons. The Labute approximate surface area is 163 Å². The Bertz CT molecular complexity index is 946. The number of aromatic nitrogens is 2. The number of hydrogen-bond acceptors (Lipinski definition) is 4. The molecule has 1 atom stereocenters. The summed E-state index contributed by atoms with van der Waals surface area (Å²) in [6, 6.07) is 3.39. The summed E-state index contributed by atoms with van der Waals surface area (Å²) >= 11 is 0. The van der Waals surface area contributed by atoms with Gasteiger partial charge in [0, 0.05) is 17.5 Å². The zero-order valence-electron chi connectivity index (χ0n) is 16.5. The molecule has 0 bridgehead atoms. The summed E-state index contributed by atoms with van der Waals surface area (Å²) in [6.45, 7) is 6.11. The SMILES string of the molecule is CCOC(=O)Cc1ccc2nc(NC(=O)C3CC3(C)C)n(C3CCC3)c2c1F. The average molecular weight is 387 g/mol. The van der Waals surface area contributed by atoms with Gasteiger partial charge in [0.1, 0.15) is 5.52 Å². The number of nitrogens with zero attached hydrogens (tertiary/aromatic N) is 2. The molecule has 1 heterocycles. The number of rotatable bonds is 6. The zero-order valence-corrected chi connectivity index (χ0v) is 16.5. The molecule has 150 valence electrons. The second kappa shape index (κ2) is 6.87. The number of carbonyl (C=O) groups is 2. The van der Waals surface area contributed by atoms with Crippen LogP contribution in [0.15, 0.2) is 12.1 Å². The summed E-state index contributed by atoms with van der Waals surface area (Å²) in [5.74, 6) is -0.615. The van der Waals surface area contributed by atoms with Crippen molar-refractivity contribution >= 4 is 28.9 Å². The molecule has 0 saturated heterocycles. The van der Waals surface area contributed by atoms with E-state index in [9.17, 15) is 9.59 Å². The van der Waals surface area contributed by atoms with Gasteiger partial charge in [-0.1, -0.05) is 19.9 Å². The van der Waals surface area contributed by atoms with E-state index < -0.39 is 11.8 Å². The van der Waals surface area contributed by atoms with Gasteiger partial charge in [0.15, 0.2) is 5.82 Å². The van der Waals surface area contributed by atoms with Crippen LogP contribution in [0.25, 0.3) is 11.0 Å². The van der Waals surface area contributed by atoms with Crippen molar-refractivity contribution < 1.29 is 18.7 Å². The first-order valence-electron chi connectivity index (χ1n) is 9.97. The normalized spacial score (nSPS) is 20.6. The van der Waals surface area contributed by atoms with E-state index in [1.165, 1.54) is 0 Å². The topological polar surface area (TPSA) is 73.2 Å². The van der Waals surface area contributed by atoms with E-state index in [-0.39, 0.29) is 41.9 Å². The second-order valence-corrected chi connectivity index (χ2v) is 8.51. The molecule has 2 aliphatic carbocycles. The molecule has 2 saturated carbocycles. The number of benzene rings is 1. The van der Waals surface area contributed by atoms with Crippen LogP contribution in [0.4, 0.5) is 10.3 Å². The van der Waals surface area contributed by atoms with Crippen molar-refractivity contribution in [1.29, 1.82) is 0 Å². The lowest BCUT2D eigenvalue weighted by atomic mass is 9.92. The number of ether oxygens (including phenoxy) is 1. The Hall–Kier alpha value is -2.44. The third-order valence-electron chi connectivity index (χ3n) is 6.02. The van der Waals surface area contributed by atoms with E-state index in [4.69, 9.17) is 4.74 Å². The van der Waals surface area contributed by atoms with Crippen molar-refractivity contribution in [2.24, 2.45) is 11.3 Å². The Morgan fingerprint density at radius 3 is 2.64 bits per heavy atom. The smallest absolute Gasteiger partial charge is 0.310 e. The van der Waals surface area contributed by atoms with Crippen LogP contribution in [0.1, 0.15) is 58.1 Å². The molecule has 7 heteroatoms. The van der Waals surface area contributed by atoms with Crippen LogP contribution in [-0.4, -0.2) is 28.0 Å². The predicted molar refractivity (Wildman–Crippen MR) is 103 cm³/mol. The molecule has 1 aromatic carbocycles. The highest BCUT2D eigenvalue weighted by Crippen LogP contribution is 2.52. The highest BCUT2D eigenvalue weighted by molar-refractivity contribution is 5.95. The number of imidazole rings is 1. The third-order valence-corrected chi connectivity index (χ3v) is 6.02. The Morgan fingerprint density at radius 1 is 1.36 bits per heavy atom. The molecule has 1 aromatic heterocycles. The number of halogens is 1. The minimum Gasteiger partial charge on any atom is -0.466 e. The second-order valence-electron chi connectivity index (χ2n) is 8.51. The van der Waals surface area contributed by atoms with Gasteiger partial charge >= 0.3 is 5.97 Å². The zero-order chi connectivity index (χ0) is 20.1. The standard InChI is InChI=1S/C21H26FN3O3/c1-4-28-16(26)10-12-8-9-15-18(17(12)22)25(13-6-5-7-13)20(23-15)24-19(27)14-11-21(14,2)3/h8-9,13-14H,4-7,10-11H2,1-3H3,(H,23,24,27). The van der Waals surface area contributed by atoms with E-state index in [1.54, 1.807) is 19.1 Å². The molecule has 4 rings (SSSR count). The molecule has 1 amide bonds. The predicted octanol–water partition coefficient (Wildman–Crippen LogP) is 3.99. The lowest BCUT2D eigenvalue weighted by Gasteiger charge is -2.29. The number of esters is 1. The van der Waals surface area contributed by atoms with Gasteiger partial charge in [-0.25, -0.2) is 9.37 Å². The summed E-state index contributed by atoms with van der Waals surface area (Å²) in [5, 5.41) is 2.93. The molecule has 2 aromatic rings. The number of fused-ring (bicyclic) bond motifs is 1. The molecule has 6 nitrogen and oxygen atoms in total. The summed E-state index contributed by atoms with van der Waals surface area (Å²) < 4.78 is 22.1. The van der Waals surface area contributed by atoms with Crippen LogP contribution in [0.5, 0.6) is 0 Å². The summed E-state index contributed by atoms with van der Waals surface area (Å²) in [4.78, 5) is 28.9. The van der Waals surface area contributed by atoms with Crippen molar-refractivity contribution in [2.75, 3.05) is 11.9 Å². The molecular weight excluding hydrogens is 361 g/mol. The van der Waals surface area contributed by atoms with Crippen LogP contribution in [-0.2, 0) is 20.7 Å². The Morgan fingerprint density at radius 2 is 2.07 bits per heavy atom. The maximum Gasteiger partial charge on any atom is 0.310 e. The molecule has 1 unspecified atom stereocenters. The summed E-state index contributed by atoms with van der Waals surface area (Å²) in [5.41, 5.74) is 1.14. The molecule has 0 aliphatic heterocycles. The van der Waals surface area contributed by atoms with Crippen molar-refractivity contribution in [3.63, 3.8) is 0 Å². The average Bonchev–Trinajstić information content (AvgIpc) is 3.08. The number of carbonyl (C=O) groups excluding carboxylic acids is 2. The number of anilines is 1. The minimum atomic E-state index is -0.461. The van der Waals surface area contributed by atoms with Crippen molar-refractivity contribution in [3.8, 4) is 0 Å². The molecule has 0 spiro atoms. The first kappa shape index (κ1) is 18.9. The lowest BCUT2D eigenvalue weighted by molar-refractivity contribution is -0.142. The molecule has 2 fully saturated rings. The van der Waals surface area contributed by atoms with Crippen molar-refractivity contribution in [2.45, 2.75) is 58.9 Å². The summed E-state index contributed by atoms with van der Waals surface area (Å²) in [7, 11) is 0. The molecule has 28 heavy (non-hydrogen) atoms. The Balaban J connectivity index is 1.71. The van der Waals surface area contributed by atoms with Gasteiger partial charge < -0.3 is 9.30 Å².